The number of aromatic nitrogens is 3. The van der Waals surface area contributed by atoms with Crippen LogP contribution in [0.25, 0.3) is 11.4 Å². The van der Waals surface area contributed by atoms with Gasteiger partial charge in [0.15, 0.2) is 5.82 Å². The van der Waals surface area contributed by atoms with Crippen molar-refractivity contribution in [3.05, 3.63) is 35.1 Å². The summed E-state index contributed by atoms with van der Waals surface area (Å²) in [6.07, 6.45) is 4.31. The molecule has 1 aliphatic rings. The van der Waals surface area contributed by atoms with Crippen LogP contribution in [-0.4, -0.2) is 14.8 Å². The number of rotatable bonds is 2. The molecule has 0 bridgehead atoms. The third-order valence-corrected chi connectivity index (χ3v) is 3.06. The summed E-state index contributed by atoms with van der Waals surface area (Å²) in [5.74, 6) is 0.814. The second kappa shape index (κ2) is 3.45. The molecule has 1 aromatic heterocycles. The average Bonchev–Trinajstić information content (AvgIpc) is 2.99. The monoisotopic (exact) mass is 263 g/mol. The Balaban J connectivity index is 1.93. The van der Waals surface area contributed by atoms with Crippen LogP contribution in [0.3, 0.4) is 0 Å². The van der Waals surface area contributed by atoms with Crippen molar-refractivity contribution in [2.75, 3.05) is 0 Å². The van der Waals surface area contributed by atoms with Crippen LogP contribution in [0.2, 0.25) is 0 Å². The van der Waals surface area contributed by atoms with Crippen molar-refractivity contribution < 1.29 is 0 Å². The van der Waals surface area contributed by atoms with Crippen LogP contribution in [0.15, 0.2) is 35.1 Å². The molecule has 2 aromatic rings. The predicted octanol–water partition coefficient (Wildman–Crippen LogP) is 3.04. The van der Waals surface area contributed by atoms with Crippen molar-refractivity contribution in [1.82, 2.24) is 14.8 Å². The Morgan fingerprint density at radius 2 is 1.93 bits per heavy atom. The molecule has 1 aromatic carbocycles. The van der Waals surface area contributed by atoms with Crippen LogP contribution in [-0.2, 0) is 0 Å². The molecule has 3 nitrogen and oxygen atoms in total. The lowest BCUT2D eigenvalue weighted by Crippen LogP contribution is -1.93. The first-order valence-electron chi connectivity index (χ1n) is 5.00. The fourth-order valence-corrected chi connectivity index (χ4v) is 1.79. The van der Waals surface area contributed by atoms with Gasteiger partial charge in [-0.15, -0.1) is 0 Å². The zero-order chi connectivity index (χ0) is 10.3. The Bertz CT molecular complexity index is 471. The van der Waals surface area contributed by atoms with E-state index in [1.807, 2.05) is 35.3 Å². The highest BCUT2D eigenvalue weighted by Gasteiger charge is 2.24. The third kappa shape index (κ3) is 1.81. The van der Waals surface area contributed by atoms with Gasteiger partial charge in [-0.1, -0.05) is 28.1 Å². The van der Waals surface area contributed by atoms with Crippen molar-refractivity contribution in [1.29, 1.82) is 0 Å². The summed E-state index contributed by atoms with van der Waals surface area (Å²) < 4.78 is 3.05. The molecule has 0 N–H and O–H groups in total. The zero-order valence-corrected chi connectivity index (χ0v) is 9.68. The maximum absolute atomic E-state index is 4.46. The minimum absolute atomic E-state index is 0.599. The van der Waals surface area contributed by atoms with Gasteiger partial charge in [0.1, 0.15) is 6.33 Å². The van der Waals surface area contributed by atoms with Gasteiger partial charge in [-0.2, -0.15) is 5.10 Å². The van der Waals surface area contributed by atoms with Crippen LogP contribution < -0.4 is 0 Å². The number of hydrogen-bond acceptors (Lipinski definition) is 2. The van der Waals surface area contributed by atoms with E-state index in [9.17, 15) is 0 Å². The SMILES string of the molecule is Brc1ccc(-c2ncn(C3CC3)n2)cc1. The summed E-state index contributed by atoms with van der Waals surface area (Å²) in [4.78, 5) is 4.31. The van der Waals surface area contributed by atoms with Crippen molar-refractivity contribution >= 4 is 15.9 Å². The largest absolute Gasteiger partial charge is 0.249 e. The van der Waals surface area contributed by atoms with Gasteiger partial charge in [-0.3, -0.25) is 0 Å². The molecular formula is C11H10BrN3. The van der Waals surface area contributed by atoms with Gasteiger partial charge in [0, 0.05) is 10.0 Å². The first-order valence-corrected chi connectivity index (χ1v) is 5.79. The van der Waals surface area contributed by atoms with Crippen LogP contribution in [0.1, 0.15) is 18.9 Å². The molecule has 0 atom stereocenters. The van der Waals surface area contributed by atoms with E-state index in [2.05, 4.69) is 26.0 Å². The number of nitrogens with zero attached hydrogens (tertiary/aromatic N) is 3. The highest BCUT2D eigenvalue weighted by Crippen LogP contribution is 2.34. The molecule has 1 saturated carbocycles. The van der Waals surface area contributed by atoms with Crippen molar-refractivity contribution in [3.63, 3.8) is 0 Å². The van der Waals surface area contributed by atoms with Crippen molar-refractivity contribution in [2.45, 2.75) is 18.9 Å². The first-order chi connectivity index (χ1) is 7.33. The highest BCUT2D eigenvalue weighted by molar-refractivity contribution is 9.10. The van der Waals surface area contributed by atoms with Crippen LogP contribution in [0, 0.1) is 0 Å². The summed E-state index contributed by atoms with van der Waals surface area (Å²) in [5, 5.41) is 4.46. The molecule has 0 amide bonds. The molecule has 0 radical (unpaired) electrons. The molecule has 15 heavy (non-hydrogen) atoms. The van der Waals surface area contributed by atoms with Crippen molar-refractivity contribution in [3.8, 4) is 11.4 Å². The van der Waals surface area contributed by atoms with Gasteiger partial charge in [0.2, 0.25) is 0 Å². The van der Waals surface area contributed by atoms with E-state index < -0.39 is 0 Å². The molecule has 4 heteroatoms. The summed E-state index contributed by atoms with van der Waals surface area (Å²) in [5.41, 5.74) is 1.07. The van der Waals surface area contributed by atoms with Gasteiger partial charge < -0.3 is 0 Å². The number of hydrogen-bond donors (Lipinski definition) is 0. The number of benzene rings is 1. The molecule has 0 saturated heterocycles. The summed E-state index contributed by atoms with van der Waals surface area (Å²) >= 11 is 3.41. The minimum Gasteiger partial charge on any atom is -0.249 e. The summed E-state index contributed by atoms with van der Waals surface area (Å²) in [6.45, 7) is 0. The first kappa shape index (κ1) is 9.09. The number of halogens is 1. The second-order valence-electron chi connectivity index (χ2n) is 3.79. The lowest BCUT2D eigenvalue weighted by atomic mass is 10.2. The maximum atomic E-state index is 4.46. The lowest BCUT2D eigenvalue weighted by molar-refractivity contribution is 0.641. The Hall–Kier alpha value is -1.16. The molecule has 76 valence electrons. The van der Waals surface area contributed by atoms with E-state index in [4.69, 9.17) is 0 Å². The van der Waals surface area contributed by atoms with Gasteiger partial charge >= 0.3 is 0 Å². The van der Waals surface area contributed by atoms with Crippen LogP contribution in [0.4, 0.5) is 0 Å². The van der Waals surface area contributed by atoms with Crippen LogP contribution >= 0.6 is 15.9 Å². The maximum Gasteiger partial charge on any atom is 0.181 e. The van der Waals surface area contributed by atoms with Gasteiger partial charge in [0.05, 0.1) is 6.04 Å². The van der Waals surface area contributed by atoms with Crippen molar-refractivity contribution in [2.24, 2.45) is 0 Å². The molecule has 1 aliphatic carbocycles. The topological polar surface area (TPSA) is 30.7 Å². The van der Waals surface area contributed by atoms with E-state index in [1.165, 1.54) is 12.8 Å². The molecular weight excluding hydrogens is 254 g/mol. The van der Waals surface area contributed by atoms with E-state index in [1.54, 1.807) is 0 Å². The fourth-order valence-electron chi connectivity index (χ4n) is 1.52. The normalized spacial score (nSPS) is 15.5. The molecule has 0 aliphatic heterocycles. The Morgan fingerprint density at radius 3 is 2.60 bits per heavy atom. The zero-order valence-electron chi connectivity index (χ0n) is 8.10. The molecule has 1 heterocycles. The smallest absolute Gasteiger partial charge is 0.181 e. The Kier molecular flexibility index (Phi) is 2.09. The average molecular weight is 264 g/mol. The Morgan fingerprint density at radius 1 is 1.20 bits per heavy atom. The highest BCUT2D eigenvalue weighted by atomic mass is 79.9. The second-order valence-corrected chi connectivity index (χ2v) is 4.70. The molecule has 0 unspecified atom stereocenters. The minimum atomic E-state index is 0.599. The van der Waals surface area contributed by atoms with E-state index >= 15 is 0 Å². The van der Waals surface area contributed by atoms with Crippen LogP contribution in [0.5, 0.6) is 0 Å². The standard InChI is InChI=1S/C11H10BrN3/c12-9-3-1-8(2-4-9)11-13-7-15(14-11)10-5-6-10/h1-4,7,10H,5-6H2. The predicted molar refractivity (Wildman–Crippen MR) is 61.4 cm³/mol. The van der Waals surface area contributed by atoms with Gasteiger partial charge in [-0.05, 0) is 25.0 Å². The van der Waals surface area contributed by atoms with Gasteiger partial charge in [-0.25, -0.2) is 9.67 Å². The quantitative estimate of drug-likeness (QED) is 0.834. The van der Waals surface area contributed by atoms with E-state index in [0.29, 0.717) is 6.04 Å². The third-order valence-electron chi connectivity index (χ3n) is 2.53. The van der Waals surface area contributed by atoms with E-state index in [0.717, 1.165) is 15.9 Å². The molecule has 1 fully saturated rings. The summed E-state index contributed by atoms with van der Waals surface area (Å²) in [7, 11) is 0. The summed E-state index contributed by atoms with van der Waals surface area (Å²) in [6, 6.07) is 8.66. The van der Waals surface area contributed by atoms with Gasteiger partial charge in [0.25, 0.3) is 0 Å². The van der Waals surface area contributed by atoms with E-state index in [-0.39, 0.29) is 0 Å². The Labute approximate surface area is 96.3 Å². The molecule has 0 spiro atoms. The molecule has 3 rings (SSSR count). The lowest BCUT2D eigenvalue weighted by Gasteiger charge is -1.95. The fraction of sp³-hybridized carbons (Fsp3) is 0.273.